The van der Waals surface area contributed by atoms with Crippen molar-refractivity contribution in [1.29, 1.82) is 5.26 Å². The highest BCUT2D eigenvalue weighted by molar-refractivity contribution is 6.06. The highest BCUT2D eigenvalue weighted by atomic mass is 16.2. The van der Waals surface area contributed by atoms with Crippen LogP contribution in [-0.4, -0.2) is 29.7 Å². The van der Waals surface area contributed by atoms with Gasteiger partial charge in [0.05, 0.1) is 11.0 Å². The summed E-state index contributed by atoms with van der Waals surface area (Å²) in [6.07, 6.45) is 3.74. The van der Waals surface area contributed by atoms with E-state index in [0.717, 1.165) is 5.57 Å². The number of amides is 1. The predicted octanol–water partition coefficient (Wildman–Crippen LogP) is 2.87. The third-order valence-electron chi connectivity index (χ3n) is 4.65. The summed E-state index contributed by atoms with van der Waals surface area (Å²) in [6, 6.07) is 2.02. The fourth-order valence-corrected chi connectivity index (χ4v) is 3.63. The summed E-state index contributed by atoms with van der Waals surface area (Å²) in [5.41, 5.74) is -0.368. The van der Waals surface area contributed by atoms with Gasteiger partial charge in [-0.05, 0) is 19.4 Å². The van der Waals surface area contributed by atoms with Crippen LogP contribution in [0.1, 0.15) is 41.5 Å². The highest BCUT2D eigenvalue weighted by Gasteiger charge is 2.49. The molecule has 0 saturated carbocycles. The largest absolute Gasteiger partial charge is 0.337 e. The molecule has 1 aliphatic heterocycles. The van der Waals surface area contributed by atoms with Gasteiger partial charge in [-0.1, -0.05) is 39.8 Å². The van der Waals surface area contributed by atoms with Crippen LogP contribution >= 0.6 is 0 Å². The Morgan fingerprint density at radius 3 is 2.41 bits per heavy atom. The molecule has 0 aromatic rings. The van der Waals surface area contributed by atoms with E-state index in [1.807, 2.05) is 58.6 Å². The molecule has 4 nitrogen and oxygen atoms in total. The van der Waals surface area contributed by atoms with Gasteiger partial charge in [0.1, 0.15) is 6.07 Å². The number of carbonyl (C=O) groups is 2. The normalized spacial score (nSPS) is 27.5. The molecule has 22 heavy (non-hydrogen) atoms. The van der Waals surface area contributed by atoms with E-state index in [2.05, 4.69) is 0 Å². The van der Waals surface area contributed by atoms with E-state index in [-0.39, 0.29) is 17.3 Å². The number of ketones is 1. The van der Waals surface area contributed by atoms with Crippen LogP contribution in [0.4, 0.5) is 0 Å². The topological polar surface area (TPSA) is 61.2 Å². The molecule has 0 aromatic carbocycles. The highest BCUT2D eigenvalue weighted by Crippen LogP contribution is 2.49. The molecule has 0 aromatic heterocycles. The quantitative estimate of drug-likeness (QED) is 0.646. The Labute approximate surface area is 132 Å². The molecule has 2 aliphatic rings. The minimum atomic E-state index is -0.689. The van der Waals surface area contributed by atoms with Crippen molar-refractivity contribution in [1.82, 2.24) is 4.90 Å². The van der Waals surface area contributed by atoms with Gasteiger partial charge in [-0.2, -0.15) is 5.26 Å². The lowest BCUT2D eigenvalue weighted by atomic mass is 9.60. The first kappa shape index (κ1) is 16.5. The number of allylic oxidation sites excluding steroid dienone is 1. The molecule has 1 unspecified atom stereocenters. The number of hydrogen-bond donors (Lipinski definition) is 0. The third kappa shape index (κ3) is 2.39. The average Bonchev–Trinajstić information content (AvgIpc) is 2.40. The molecule has 1 aliphatic carbocycles. The van der Waals surface area contributed by atoms with E-state index in [9.17, 15) is 14.9 Å². The predicted molar refractivity (Wildman–Crippen MR) is 84.7 cm³/mol. The number of nitriles is 1. The minimum absolute atomic E-state index is 0.0886. The molecule has 118 valence electrons. The molecule has 0 saturated heterocycles. The second-order valence-electron chi connectivity index (χ2n) is 8.09. The number of fused-ring (bicyclic) bond motifs is 1. The van der Waals surface area contributed by atoms with E-state index in [1.165, 1.54) is 0 Å². The van der Waals surface area contributed by atoms with Gasteiger partial charge in [0.25, 0.3) is 0 Å². The SMILES string of the molecule is CC(C)(C)C(=O)N1CC=C2C(C)(C=C(C#N)C(=O)C2(C)C)C1. The van der Waals surface area contributed by atoms with Crippen LogP contribution in [0.3, 0.4) is 0 Å². The van der Waals surface area contributed by atoms with E-state index in [0.29, 0.717) is 13.1 Å². The zero-order valence-corrected chi connectivity index (χ0v) is 14.3. The molecular formula is C18H24N2O2. The van der Waals surface area contributed by atoms with Crippen LogP contribution in [0, 0.1) is 27.6 Å². The van der Waals surface area contributed by atoms with Gasteiger partial charge in [-0.3, -0.25) is 9.59 Å². The van der Waals surface area contributed by atoms with E-state index < -0.39 is 16.2 Å². The van der Waals surface area contributed by atoms with Crippen molar-refractivity contribution in [2.24, 2.45) is 16.2 Å². The maximum absolute atomic E-state index is 12.6. The van der Waals surface area contributed by atoms with Gasteiger partial charge in [-0.25, -0.2) is 0 Å². The molecule has 2 rings (SSSR count). The van der Waals surface area contributed by atoms with Crippen molar-refractivity contribution in [2.45, 2.75) is 41.5 Å². The number of Topliss-reactive ketones (excluding diaryl/α,β-unsaturated/α-hetero) is 1. The number of hydrogen-bond acceptors (Lipinski definition) is 3. The maximum Gasteiger partial charge on any atom is 0.228 e. The van der Waals surface area contributed by atoms with Gasteiger partial charge in [0.15, 0.2) is 5.78 Å². The first-order chi connectivity index (χ1) is 9.93. The fourth-order valence-electron chi connectivity index (χ4n) is 3.63. The van der Waals surface area contributed by atoms with Crippen LogP contribution in [0.15, 0.2) is 23.3 Å². The van der Waals surface area contributed by atoms with Crippen molar-refractivity contribution in [3.05, 3.63) is 23.3 Å². The van der Waals surface area contributed by atoms with Crippen LogP contribution in [0.2, 0.25) is 0 Å². The van der Waals surface area contributed by atoms with Gasteiger partial charge < -0.3 is 4.90 Å². The van der Waals surface area contributed by atoms with Crippen molar-refractivity contribution in [2.75, 3.05) is 13.1 Å². The Hall–Kier alpha value is -1.89. The summed E-state index contributed by atoms with van der Waals surface area (Å²) in [7, 11) is 0. The molecule has 1 heterocycles. The number of rotatable bonds is 0. The van der Waals surface area contributed by atoms with Gasteiger partial charge >= 0.3 is 0 Å². The van der Waals surface area contributed by atoms with E-state index >= 15 is 0 Å². The monoisotopic (exact) mass is 300 g/mol. The zero-order chi connectivity index (χ0) is 16.9. The lowest BCUT2D eigenvalue weighted by Gasteiger charge is -2.48. The van der Waals surface area contributed by atoms with Crippen LogP contribution in [-0.2, 0) is 9.59 Å². The van der Waals surface area contributed by atoms with Crippen LogP contribution in [0.25, 0.3) is 0 Å². The summed E-state index contributed by atoms with van der Waals surface area (Å²) >= 11 is 0. The zero-order valence-electron chi connectivity index (χ0n) is 14.3. The van der Waals surface area contributed by atoms with Gasteiger partial charge in [0, 0.05) is 23.9 Å². The van der Waals surface area contributed by atoms with E-state index in [1.54, 1.807) is 6.08 Å². The second-order valence-corrected chi connectivity index (χ2v) is 8.09. The summed E-state index contributed by atoms with van der Waals surface area (Å²) < 4.78 is 0. The lowest BCUT2D eigenvalue weighted by molar-refractivity contribution is -0.140. The van der Waals surface area contributed by atoms with Crippen LogP contribution < -0.4 is 0 Å². The summed E-state index contributed by atoms with van der Waals surface area (Å²) in [4.78, 5) is 26.8. The number of nitrogens with zero attached hydrogens (tertiary/aromatic N) is 2. The molecule has 1 atom stereocenters. The minimum Gasteiger partial charge on any atom is -0.337 e. The Kier molecular flexibility index (Phi) is 3.60. The van der Waals surface area contributed by atoms with Gasteiger partial charge in [-0.15, -0.1) is 0 Å². The summed E-state index contributed by atoms with van der Waals surface area (Å²) in [5.74, 6) is -0.0417. The third-order valence-corrected chi connectivity index (χ3v) is 4.65. The van der Waals surface area contributed by atoms with Crippen molar-refractivity contribution in [3.63, 3.8) is 0 Å². The first-order valence-corrected chi connectivity index (χ1v) is 7.62. The molecule has 0 bridgehead atoms. The Bertz CT molecular complexity index is 641. The first-order valence-electron chi connectivity index (χ1n) is 7.62. The Morgan fingerprint density at radius 1 is 1.32 bits per heavy atom. The summed E-state index contributed by atoms with van der Waals surface area (Å²) in [6.45, 7) is 12.5. The van der Waals surface area contributed by atoms with Crippen molar-refractivity contribution in [3.8, 4) is 6.07 Å². The van der Waals surface area contributed by atoms with E-state index in [4.69, 9.17) is 0 Å². The van der Waals surface area contributed by atoms with Crippen molar-refractivity contribution >= 4 is 11.7 Å². The molecule has 0 N–H and O–H groups in total. The molecule has 0 radical (unpaired) electrons. The van der Waals surface area contributed by atoms with Gasteiger partial charge in [0.2, 0.25) is 5.91 Å². The molecule has 1 amide bonds. The molecule has 0 spiro atoms. The van der Waals surface area contributed by atoms with Crippen molar-refractivity contribution < 1.29 is 9.59 Å². The molecule has 0 fully saturated rings. The molecule has 4 heteroatoms. The lowest BCUT2D eigenvalue weighted by Crippen LogP contribution is -2.52. The maximum atomic E-state index is 12.6. The fraction of sp³-hybridized carbons (Fsp3) is 0.611. The van der Waals surface area contributed by atoms with Crippen LogP contribution in [0.5, 0.6) is 0 Å². The number of carbonyl (C=O) groups excluding carboxylic acids is 2. The Balaban J connectivity index is 2.49. The Morgan fingerprint density at radius 2 is 1.91 bits per heavy atom. The smallest absolute Gasteiger partial charge is 0.228 e. The molecular weight excluding hydrogens is 276 g/mol. The second kappa shape index (κ2) is 4.81. The average molecular weight is 300 g/mol. The standard InChI is InChI=1S/C18H24N2O2/c1-16(2,3)15(22)20-8-7-13-17(4,5)14(21)12(10-19)9-18(13,6)11-20/h7,9H,8,11H2,1-6H3. The summed E-state index contributed by atoms with van der Waals surface area (Å²) in [5, 5.41) is 9.26.